The molecule has 17 heavy (non-hydrogen) atoms. The average molecular weight is 298 g/mol. The van der Waals surface area contributed by atoms with Crippen molar-refractivity contribution in [2.45, 2.75) is 26.8 Å². The third kappa shape index (κ3) is 4.52. The van der Waals surface area contributed by atoms with E-state index in [1.54, 1.807) is 6.08 Å². The summed E-state index contributed by atoms with van der Waals surface area (Å²) < 4.78 is 6.82. The average Bonchev–Trinajstić information content (AvgIpc) is 2.28. The van der Waals surface area contributed by atoms with Crippen LogP contribution < -0.4 is 10.1 Å². The zero-order valence-electron chi connectivity index (χ0n) is 10.6. The highest BCUT2D eigenvalue weighted by molar-refractivity contribution is 9.10. The van der Waals surface area contributed by atoms with Gasteiger partial charge in [-0.2, -0.15) is 0 Å². The first-order valence-electron chi connectivity index (χ1n) is 5.92. The molecule has 0 amide bonds. The van der Waals surface area contributed by atoms with Crippen LogP contribution in [0.5, 0.6) is 5.75 Å². The smallest absolute Gasteiger partial charge is 0.127 e. The van der Waals surface area contributed by atoms with E-state index in [1.165, 1.54) is 5.56 Å². The summed E-state index contributed by atoms with van der Waals surface area (Å²) in [7, 11) is 0. The summed E-state index contributed by atoms with van der Waals surface area (Å²) in [4.78, 5) is 0. The molecule has 1 aromatic carbocycles. The van der Waals surface area contributed by atoms with Crippen molar-refractivity contribution in [2.24, 2.45) is 0 Å². The van der Waals surface area contributed by atoms with Crippen molar-refractivity contribution in [1.82, 2.24) is 5.32 Å². The minimum absolute atomic E-state index is 0.545. The number of nitrogens with one attached hydrogen (secondary N) is 1. The van der Waals surface area contributed by atoms with Crippen LogP contribution in [0.25, 0.3) is 0 Å². The summed E-state index contributed by atoms with van der Waals surface area (Å²) in [6, 6.07) is 4.18. The van der Waals surface area contributed by atoms with E-state index in [2.05, 4.69) is 53.8 Å². The maximum Gasteiger partial charge on any atom is 0.127 e. The molecule has 0 saturated carbocycles. The molecule has 0 heterocycles. The van der Waals surface area contributed by atoms with Gasteiger partial charge in [0.15, 0.2) is 0 Å². The first-order chi connectivity index (χ1) is 8.19. The van der Waals surface area contributed by atoms with Crippen LogP contribution in [0.15, 0.2) is 29.3 Å². The van der Waals surface area contributed by atoms with Crippen LogP contribution in [0.2, 0.25) is 0 Å². The quantitative estimate of drug-likeness (QED) is 0.610. The van der Waals surface area contributed by atoms with Gasteiger partial charge in [-0.25, -0.2) is 0 Å². The highest BCUT2D eigenvalue weighted by Gasteiger charge is 2.08. The van der Waals surface area contributed by atoms with Gasteiger partial charge in [-0.05, 0) is 37.6 Å². The van der Waals surface area contributed by atoms with Crippen molar-refractivity contribution in [3.63, 3.8) is 0 Å². The number of halogens is 1. The van der Waals surface area contributed by atoms with Gasteiger partial charge in [-0.15, -0.1) is 0 Å². The largest absolute Gasteiger partial charge is 0.489 e. The van der Waals surface area contributed by atoms with Gasteiger partial charge < -0.3 is 10.1 Å². The fourth-order valence-corrected chi connectivity index (χ4v) is 2.30. The van der Waals surface area contributed by atoms with Gasteiger partial charge in [0.25, 0.3) is 0 Å². The zero-order chi connectivity index (χ0) is 12.7. The van der Waals surface area contributed by atoms with Crippen LogP contribution in [-0.4, -0.2) is 13.2 Å². The second-order valence-corrected chi connectivity index (χ2v) is 4.90. The molecule has 0 atom stereocenters. The summed E-state index contributed by atoms with van der Waals surface area (Å²) in [6.07, 6.45) is 2.90. The van der Waals surface area contributed by atoms with E-state index in [9.17, 15) is 0 Å². The molecular formula is C14H20BrNO. The van der Waals surface area contributed by atoms with E-state index in [0.29, 0.717) is 6.61 Å². The van der Waals surface area contributed by atoms with Crippen LogP contribution in [-0.2, 0) is 6.54 Å². The summed E-state index contributed by atoms with van der Waals surface area (Å²) in [5.74, 6) is 0.969. The Bertz CT molecular complexity index is 377. The Kier molecular flexibility index (Phi) is 6.30. The molecule has 1 rings (SSSR count). The molecule has 0 fully saturated rings. The van der Waals surface area contributed by atoms with Crippen LogP contribution in [0.4, 0.5) is 0 Å². The third-order valence-corrected chi connectivity index (χ3v) is 2.86. The summed E-state index contributed by atoms with van der Waals surface area (Å²) in [6.45, 7) is 10.3. The van der Waals surface area contributed by atoms with Gasteiger partial charge in [0, 0.05) is 16.6 Å². The molecule has 1 aromatic rings. The van der Waals surface area contributed by atoms with Crippen molar-refractivity contribution in [3.05, 3.63) is 40.4 Å². The van der Waals surface area contributed by atoms with Crippen LogP contribution in [0.1, 0.15) is 24.5 Å². The number of benzene rings is 1. The number of rotatable bonds is 7. The summed E-state index contributed by atoms with van der Waals surface area (Å²) in [5, 5.41) is 3.40. The monoisotopic (exact) mass is 297 g/mol. The highest BCUT2D eigenvalue weighted by atomic mass is 79.9. The van der Waals surface area contributed by atoms with E-state index < -0.39 is 0 Å². The molecule has 94 valence electrons. The lowest BCUT2D eigenvalue weighted by Crippen LogP contribution is -2.15. The third-order valence-electron chi connectivity index (χ3n) is 2.40. The van der Waals surface area contributed by atoms with Crippen molar-refractivity contribution in [1.29, 1.82) is 0 Å². The topological polar surface area (TPSA) is 21.3 Å². The van der Waals surface area contributed by atoms with Crippen molar-refractivity contribution >= 4 is 15.9 Å². The normalized spacial score (nSPS) is 10.3. The fourth-order valence-electron chi connectivity index (χ4n) is 1.68. The predicted molar refractivity (Wildman–Crippen MR) is 76.6 cm³/mol. The number of ether oxygens (including phenoxy) is 1. The maximum absolute atomic E-state index is 5.72. The van der Waals surface area contributed by atoms with Gasteiger partial charge in [-0.3, -0.25) is 0 Å². The molecule has 0 spiro atoms. The molecule has 0 aliphatic carbocycles. The van der Waals surface area contributed by atoms with E-state index in [4.69, 9.17) is 4.74 Å². The number of hydrogen-bond donors (Lipinski definition) is 1. The molecule has 0 bridgehead atoms. The van der Waals surface area contributed by atoms with E-state index >= 15 is 0 Å². The second kappa shape index (κ2) is 7.51. The zero-order valence-corrected chi connectivity index (χ0v) is 12.1. The predicted octanol–water partition coefficient (Wildman–Crippen LogP) is 3.82. The highest BCUT2D eigenvalue weighted by Crippen LogP contribution is 2.28. The number of hydrogen-bond acceptors (Lipinski definition) is 2. The molecule has 3 heteroatoms. The van der Waals surface area contributed by atoms with Crippen molar-refractivity contribution < 1.29 is 4.74 Å². The Morgan fingerprint density at radius 2 is 2.24 bits per heavy atom. The molecule has 0 aliphatic heterocycles. The molecular weight excluding hydrogens is 278 g/mol. The van der Waals surface area contributed by atoms with Gasteiger partial charge in [0.2, 0.25) is 0 Å². The van der Waals surface area contributed by atoms with Crippen LogP contribution in [0.3, 0.4) is 0 Å². The van der Waals surface area contributed by atoms with Crippen molar-refractivity contribution in [2.75, 3.05) is 13.2 Å². The Labute approximate surface area is 112 Å². The molecule has 0 saturated heterocycles. The SMILES string of the molecule is C=CCOc1c(C)cc(Br)cc1CNCCC. The first kappa shape index (κ1) is 14.3. The molecule has 0 aliphatic rings. The fraction of sp³-hybridized carbons (Fsp3) is 0.429. The van der Waals surface area contributed by atoms with Gasteiger partial charge in [-0.1, -0.05) is 35.5 Å². The standard InChI is InChI=1S/C14H20BrNO/c1-4-6-16-10-12-9-13(15)8-11(3)14(12)17-7-5-2/h5,8-9,16H,2,4,6-7,10H2,1,3H3. The lowest BCUT2D eigenvalue weighted by molar-refractivity contribution is 0.355. The van der Waals surface area contributed by atoms with Gasteiger partial charge in [0.05, 0.1) is 0 Å². The van der Waals surface area contributed by atoms with Crippen LogP contribution in [0, 0.1) is 6.92 Å². The lowest BCUT2D eigenvalue weighted by atomic mass is 10.1. The lowest BCUT2D eigenvalue weighted by Gasteiger charge is -2.14. The minimum atomic E-state index is 0.545. The van der Waals surface area contributed by atoms with Crippen molar-refractivity contribution in [3.8, 4) is 5.75 Å². The van der Waals surface area contributed by atoms with E-state index in [0.717, 1.165) is 35.3 Å². The van der Waals surface area contributed by atoms with Crippen LogP contribution >= 0.6 is 15.9 Å². The Hall–Kier alpha value is -0.800. The first-order valence-corrected chi connectivity index (χ1v) is 6.71. The molecule has 0 radical (unpaired) electrons. The van der Waals surface area contributed by atoms with E-state index in [-0.39, 0.29) is 0 Å². The molecule has 1 N–H and O–H groups in total. The Balaban J connectivity index is 2.85. The van der Waals surface area contributed by atoms with E-state index in [1.807, 2.05) is 0 Å². The molecule has 0 aromatic heterocycles. The second-order valence-electron chi connectivity index (χ2n) is 3.99. The maximum atomic E-state index is 5.72. The summed E-state index contributed by atoms with van der Waals surface area (Å²) in [5.41, 5.74) is 2.33. The summed E-state index contributed by atoms with van der Waals surface area (Å²) >= 11 is 3.52. The molecule has 0 unspecified atom stereocenters. The van der Waals surface area contributed by atoms with Gasteiger partial charge in [0.1, 0.15) is 12.4 Å². The molecule has 2 nitrogen and oxygen atoms in total. The Morgan fingerprint density at radius 3 is 2.88 bits per heavy atom. The van der Waals surface area contributed by atoms with Gasteiger partial charge >= 0.3 is 0 Å². The number of aryl methyl sites for hydroxylation is 1. The Morgan fingerprint density at radius 1 is 1.47 bits per heavy atom. The minimum Gasteiger partial charge on any atom is -0.489 e.